The number of aliphatic imine (C=N–C) groups is 1. The van der Waals surface area contributed by atoms with Gasteiger partial charge in [0, 0.05) is 15.3 Å². The molecule has 1 aromatic heterocycles. The number of amides is 1. The van der Waals surface area contributed by atoms with Gasteiger partial charge in [0.05, 0.1) is 18.6 Å². The lowest BCUT2D eigenvalue weighted by Crippen LogP contribution is -2.10. The monoisotopic (exact) mass is 377 g/mol. The zero-order chi connectivity index (χ0) is 19.3. The van der Waals surface area contributed by atoms with E-state index in [4.69, 9.17) is 9.84 Å². The molecule has 0 aliphatic carbocycles. The summed E-state index contributed by atoms with van der Waals surface area (Å²) in [7, 11) is 0. The van der Waals surface area contributed by atoms with Crippen molar-refractivity contribution in [3.05, 3.63) is 45.4 Å². The second-order valence-electron chi connectivity index (χ2n) is 5.23. The van der Waals surface area contributed by atoms with Crippen LogP contribution in [0.15, 0.2) is 29.3 Å². The lowest BCUT2D eigenvalue weighted by molar-refractivity contribution is -0.129. The summed E-state index contributed by atoms with van der Waals surface area (Å²) in [6, 6.07) is 5.65. The first-order chi connectivity index (χ1) is 12.3. The maximum atomic E-state index is 13.2. The van der Waals surface area contributed by atoms with Gasteiger partial charge in [-0.25, -0.2) is 19.0 Å². The predicted molar refractivity (Wildman–Crippen MR) is 95.2 cm³/mol. The average Bonchev–Trinajstić information content (AvgIpc) is 2.90. The van der Waals surface area contributed by atoms with Crippen LogP contribution in [0.4, 0.5) is 4.39 Å². The lowest BCUT2D eigenvalue weighted by Gasteiger charge is -2.08. The molecule has 0 aliphatic rings. The van der Waals surface area contributed by atoms with E-state index in [2.05, 4.69) is 4.99 Å². The summed E-state index contributed by atoms with van der Waals surface area (Å²) in [4.78, 5) is 39.3. The first-order valence-electron chi connectivity index (χ1n) is 7.68. The van der Waals surface area contributed by atoms with Crippen LogP contribution in [0, 0.1) is 12.7 Å². The van der Waals surface area contributed by atoms with Crippen molar-refractivity contribution in [1.29, 1.82) is 0 Å². The van der Waals surface area contributed by atoms with Crippen LogP contribution < -0.4 is 0 Å². The van der Waals surface area contributed by atoms with E-state index in [-0.39, 0.29) is 18.6 Å². The van der Waals surface area contributed by atoms with E-state index in [0.717, 1.165) is 4.88 Å². The van der Waals surface area contributed by atoms with Crippen molar-refractivity contribution in [1.82, 2.24) is 0 Å². The van der Waals surface area contributed by atoms with Crippen LogP contribution in [0.25, 0.3) is 11.1 Å². The third-order valence-electron chi connectivity index (χ3n) is 3.40. The minimum atomic E-state index is -1.33. The first-order valence-corrected chi connectivity index (χ1v) is 8.50. The van der Waals surface area contributed by atoms with Crippen molar-refractivity contribution in [2.24, 2.45) is 4.99 Å². The predicted octanol–water partition coefficient (Wildman–Crippen LogP) is 3.26. The Bertz CT molecular complexity index is 870. The number of carboxylic acid groups (broad SMARTS) is 1. The molecule has 0 saturated heterocycles. The average molecular weight is 377 g/mol. The molecule has 1 heterocycles. The normalized spacial score (nSPS) is 10.9. The van der Waals surface area contributed by atoms with Crippen LogP contribution in [0.2, 0.25) is 0 Å². The smallest absolute Gasteiger partial charge is 0.347 e. The van der Waals surface area contributed by atoms with Gasteiger partial charge in [-0.05, 0) is 31.5 Å². The van der Waals surface area contributed by atoms with Crippen molar-refractivity contribution in [2.45, 2.75) is 20.3 Å². The van der Waals surface area contributed by atoms with Crippen LogP contribution >= 0.6 is 11.3 Å². The Balaban J connectivity index is 2.50. The highest BCUT2D eigenvalue weighted by Crippen LogP contribution is 2.37. The Morgan fingerprint density at radius 3 is 2.50 bits per heavy atom. The number of rotatable bonds is 6. The fraction of sp³-hybridized carbons (Fsp3) is 0.222. The number of ether oxygens (including phenoxy) is 1. The number of hydrogen-bond acceptors (Lipinski definition) is 5. The number of carbonyl (C=O) groups excluding carboxylic acids is 2. The molecule has 136 valence electrons. The van der Waals surface area contributed by atoms with Crippen molar-refractivity contribution in [2.75, 3.05) is 6.61 Å². The number of esters is 1. The minimum Gasteiger partial charge on any atom is -0.477 e. The molecule has 0 aliphatic heterocycles. The number of aryl methyl sites for hydroxylation is 1. The molecule has 0 unspecified atom stereocenters. The van der Waals surface area contributed by atoms with Gasteiger partial charge in [-0.15, -0.1) is 11.3 Å². The molecule has 1 amide bonds. The molecule has 0 fully saturated rings. The number of nitrogens with zero attached hydrogens (tertiary/aromatic N) is 1. The molecular weight excluding hydrogens is 361 g/mol. The second-order valence-corrected chi connectivity index (χ2v) is 6.54. The van der Waals surface area contributed by atoms with Gasteiger partial charge in [0.2, 0.25) is 0 Å². The van der Waals surface area contributed by atoms with Crippen LogP contribution in [0.5, 0.6) is 0 Å². The van der Waals surface area contributed by atoms with E-state index >= 15 is 0 Å². The summed E-state index contributed by atoms with van der Waals surface area (Å²) in [6.45, 7) is 3.60. The first kappa shape index (κ1) is 19.5. The number of benzene rings is 1. The molecule has 0 radical (unpaired) electrons. The number of halogens is 1. The number of carboxylic acids is 1. The van der Waals surface area contributed by atoms with E-state index in [9.17, 15) is 18.8 Å². The van der Waals surface area contributed by atoms with E-state index < -0.39 is 23.7 Å². The molecule has 6 nitrogen and oxygen atoms in total. The molecule has 8 heteroatoms. The fourth-order valence-electron chi connectivity index (χ4n) is 2.42. The standard InChI is InChI=1S/C18H16FNO5S/c1-3-25-18(24)17-13(8-14(21)20-9-15(22)23)26-10(2)16(17)11-4-6-12(19)7-5-11/h4-7,9H,3,8H2,1-2H3,(H,22,23). The minimum absolute atomic E-state index is 0.154. The van der Waals surface area contributed by atoms with Crippen molar-refractivity contribution >= 4 is 35.4 Å². The quantitative estimate of drug-likeness (QED) is 0.616. The van der Waals surface area contributed by atoms with Crippen LogP contribution in [-0.2, 0) is 20.7 Å². The summed E-state index contributed by atoms with van der Waals surface area (Å²) in [5, 5.41) is 8.56. The topological polar surface area (TPSA) is 93.0 Å². The van der Waals surface area contributed by atoms with E-state index in [0.29, 0.717) is 22.2 Å². The van der Waals surface area contributed by atoms with E-state index in [1.54, 1.807) is 26.0 Å². The highest BCUT2D eigenvalue weighted by Gasteiger charge is 2.25. The summed E-state index contributed by atoms with van der Waals surface area (Å²) in [6.07, 6.45) is 0.276. The van der Waals surface area contributed by atoms with Crippen LogP contribution in [0.3, 0.4) is 0 Å². The third kappa shape index (κ3) is 4.60. The maximum absolute atomic E-state index is 13.2. The van der Waals surface area contributed by atoms with Crippen LogP contribution in [0.1, 0.15) is 27.0 Å². The van der Waals surface area contributed by atoms with Gasteiger partial charge in [-0.3, -0.25) is 4.79 Å². The van der Waals surface area contributed by atoms with Gasteiger partial charge in [0.1, 0.15) is 12.0 Å². The van der Waals surface area contributed by atoms with E-state index in [1.165, 1.54) is 23.5 Å². The van der Waals surface area contributed by atoms with Gasteiger partial charge in [0.15, 0.2) is 0 Å². The largest absolute Gasteiger partial charge is 0.477 e. The Hall–Kier alpha value is -2.87. The van der Waals surface area contributed by atoms with Crippen molar-refractivity contribution in [3.8, 4) is 11.1 Å². The molecule has 2 rings (SSSR count). The Kier molecular flexibility index (Phi) is 6.35. The number of carbonyl (C=O) groups is 3. The molecule has 26 heavy (non-hydrogen) atoms. The summed E-state index contributed by atoms with van der Waals surface area (Å²) < 4.78 is 18.3. The Labute approximate surface area is 153 Å². The molecule has 0 spiro atoms. The SMILES string of the molecule is CCOC(=O)c1c(CC(=O)N=CC(=O)O)sc(C)c1-c1ccc(F)cc1. The number of hydrogen-bond donors (Lipinski definition) is 1. The molecule has 1 aromatic carbocycles. The number of thiophene rings is 1. The molecular formula is C18H16FNO5S. The Morgan fingerprint density at radius 1 is 1.27 bits per heavy atom. The summed E-state index contributed by atoms with van der Waals surface area (Å²) in [5.41, 5.74) is 1.41. The highest BCUT2D eigenvalue weighted by atomic mass is 32.1. The Morgan fingerprint density at radius 2 is 1.92 bits per heavy atom. The van der Waals surface area contributed by atoms with Gasteiger partial charge < -0.3 is 9.84 Å². The zero-order valence-electron chi connectivity index (χ0n) is 14.1. The molecule has 2 aromatic rings. The lowest BCUT2D eigenvalue weighted by atomic mass is 9.99. The van der Waals surface area contributed by atoms with Gasteiger partial charge in [0.25, 0.3) is 5.91 Å². The molecule has 0 atom stereocenters. The number of aliphatic carboxylic acids is 1. The molecule has 1 N–H and O–H groups in total. The van der Waals surface area contributed by atoms with Gasteiger partial charge in [-0.2, -0.15) is 0 Å². The van der Waals surface area contributed by atoms with Gasteiger partial charge >= 0.3 is 11.9 Å². The second kappa shape index (κ2) is 8.48. The summed E-state index contributed by atoms with van der Waals surface area (Å²) in [5.74, 6) is -3.03. The highest BCUT2D eigenvalue weighted by molar-refractivity contribution is 7.13. The van der Waals surface area contributed by atoms with Crippen molar-refractivity contribution < 1.29 is 28.6 Å². The molecule has 0 saturated carbocycles. The fourth-order valence-corrected chi connectivity index (χ4v) is 3.59. The molecule has 0 bridgehead atoms. The summed E-state index contributed by atoms with van der Waals surface area (Å²) >= 11 is 1.22. The third-order valence-corrected chi connectivity index (χ3v) is 4.51. The van der Waals surface area contributed by atoms with Crippen LogP contribution in [-0.4, -0.2) is 35.8 Å². The van der Waals surface area contributed by atoms with E-state index in [1.807, 2.05) is 0 Å². The van der Waals surface area contributed by atoms with Gasteiger partial charge in [-0.1, -0.05) is 12.1 Å². The zero-order valence-corrected chi connectivity index (χ0v) is 14.9. The van der Waals surface area contributed by atoms with Crippen molar-refractivity contribution in [3.63, 3.8) is 0 Å². The maximum Gasteiger partial charge on any atom is 0.347 e.